The second-order valence-corrected chi connectivity index (χ2v) is 6.88. The molecule has 0 unspecified atom stereocenters. The van der Waals surface area contributed by atoms with Gasteiger partial charge in [-0.1, -0.05) is 5.16 Å². The summed E-state index contributed by atoms with van der Waals surface area (Å²) in [7, 11) is -3.30. The van der Waals surface area contributed by atoms with Gasteiger partial charge < -0.3 is 16.3 Å². The molecule has 20 heavy (non-hydrogen) atoms. The Morgan fingerprint density at radius 3 is 2.20 bits per heavy atom. The van der Waals surface area contributed by atoms with Gasteiger partial charge in [0.05, 0.1) is 10.4 Å². The molecule has 0 fully saturated rings. The SMILES string of the molecule is CC(C)(NC(=O)c1ccc(S(C)(=O)=O)cc1)/C(N)=N/O. The minimum absolute atomic E-state index is 0.129. The molecule has 8 heteroatoms. The molecule has 0 aromatic heterocycles. The van der Waals surface area contributed by atoms with Crippen LogP contribution < -0.4 is 11.1 Å². The van der Waals surface area contributed by atoms with Gasteiger partial charge in [-0.15, -0.1) is 0 Å². The number of hydrogen-bond donors (Lipinski definition) is 3. The van der Waals surface area contributed by atoms with E-state index in [0.717, 1.165) is 6.26 Å². The molecule has 0 aliphatic carbocycles. The zero-order chi connectivity index (χ0) is 15.6. The third-order valence-electron chi connectivity index (χ3n) is 2.72. The van der Waals surface area contributed by atoms with Crippen molar-refractivity contribution in [1.29, 1.82) is 0 Å². The van der Waals surface area contributed by atoms with Crippen LogP contribution in [0.2, 0.25) is 0 Å². The van der Waals surface area contributed by atoms with Gasteiger partial charge in [0, 0.05) is 11.8 Å². The zero-order valence-electron chi connectivity index (χ0n) is 11.4. The molecule has 0 aliphatic heterocycles. The maximum Gasteiger partial charge on any atom is 0.252 e. The first-order valence-corrected chi connectivity index (χ1v) is 7.57. The molecule has 0 bridgehead atoms. The summed E-state index contributed by atoms with van der Waals surface area (Å²) in [6, 6.07) is 5.49. The predicted octanol–water partition coefficient (Wildman–Crippen LogP) is 0.345. The molecule has 0 heterocycles. The Hall–Kier alpha value is -2.09. The average Bonchev–Trinajstić information content (AvgIpc) is 2.36. The van der Waals surface area contributed by atoms with Crippen LogP contribution in [0, 0.1) is 0 Å². The fraction of sp³-hybridized carbons (Fsp3) is 0.333. The van der Waals surface area contributed by atoms with Gasteiger partial charge in [-0.05, 0) is 38.1 Å². The fourth-order valence-corrected chi connectivity index (χ4v) is 2.03. The lowest BCUT2D eigenvalue weighted by Gasteiger charge is -2.24. The molecule has 0 radical (unpaired) electrons. The van der Waals surface area contributed by atoms with E-state index in [9.17, 15) is 13.2 Å². The molecular formula is C12H17N3O4S. The summed E-state index contributed by atoms with van der Waals surface area (Å²) < 4.78 is 22.6. The third kappa shape index (κ3) is 3.70. The molecular weight excluding hydrogens is 282 g/mol. The Balaban J connectivity index is 2.95. The highest BCUT2D eigenvalue weighted by molar-refractivity contribution is 7.90. The van der Waals surface area contributed by atoms with Crippen molar-refractivity contribution >= 4 is 21.6 Å². The average molecular weight is 299 g/mol. The monoisotopic (exact) mass is 299 g/mol. The molecule has 7 nitrogen and oxygen atoms in total. The summed E-state index contributed by atoms with van der Waals surface area (Å²) in [5, 5.41) is 14.1. The number of carbonyl (C=O) groups is 1. The van der Waals surface area contributed by atoms with Crippen LogP contribution >= 0.6 is 0 Å². The van der Waals surface area contributed by atoms with Crippen molar-refractivity contribution in [3.8, 4) is 0 Å². The molecule has 1 amide bonds. The van der Waals surface area contributed by atoms with Crippen molar-refractivity contribution in [2.24, 2.45) is 10.9 Å². The van der Waals surface area contributed by atoms with Gasteiger partial charge in [0.25, 0.3) is 5.91 Å². The van der Waals surface area contributed by atoms with Crippen LogP contribution in [0.1, 0.15) is 24.2 Å². The van der Waals surface area contributed by atoms with Gasteiger partial charge in [0.1, 0.15) is 0 Å². The van der Waals surface area contributed by atoms with Crippen molar-refractivity contribution in [2.45, 2.75) is 24.3 Å². The molecule has 110 valence electrons. The lowest BCUT2D eigenvalue weighted by atomic mass is 10.0. The first-order chi connectivity index (χ1) is 9.08. The predicted molar refractivity (Wildman–Crippen MR) is 74.5 cm³/mol. The lowest BCUT2D eigenvalue weighted by molar-refractivity contribution is 0.0930. The highest BCUT2D eigenvalue weighted by Gasteiger charge is 2.26. The Labute approximate surface area is 117 Å². The van der Waals surface area contributed by atoms with Gasteiger partial charge in [-0.25, -0.2) is 8.42 Å². The summed E-state index contributed by atoms with van der Waals surface area (Å²) >= 11 is 0. The normalized spacial score (nSPS) is 13.1. The number of carbonyl (C=O) groups excluding carboxylic acids is 1. The minimum atomic E-state index is -3.30. The fourth-order valence-electron chi connectivity index (χ4n) is 1.40. The van der Waals surface area contributed by atoms with Crippen molar-refractivity contribution in [2.75, 3.05) is 6.26 Å². The van der Waals surface area contributed by atoms with E-state index >= 15 is 0 Å². The van der Waals surface area contributed by atoms with Crippen LogP contribution in [0.4, 0.5) is 0 Å². The summed E-state index contributed by atoms with van der Waals surface area (Å²) in [5.74, 6) is -0.597. The Kier molecular flexibility index (Phi) is 4.39. The number of oxime groups is 1. The number of hydrogen-bond acceptors (Lipinski definition) is 5. The minimum Gasteiger partial charge on any atom is -0.409 e. The zero-order valence-corrected chi connectivity index (χ0v) is 12.2. The van der Waals surface area contributed by atoms with E-state index in [1.807, 2.05) is 0 Å². The van der Waals surface area contributed by atoms with Crippen molar-refractivity contribution in [3.05, 3.63) is 29.8 Å². The molecule has 4 N–H and O–H groups in total. The molecule has 0 saturated carbocycles. The van der Waals surface area contributed by atoms with E-state index in [4.69, 9.17) is 10.9 Å². The van der Waals surface area contributed by atoms with Crippen LogP contribution in [-0.4, -0.2) is 37.2 Å². The van der Waals surface area contributed by atoms with Gasteiger partial charge in [0.15, 0.2) is 15.7 Å². The summed E-state index contributed by atoms with van der Waals surface area (Å²) in [6.45, 7) is 3.15. The molecule has 1 aromatic rings. The smallest absolute Gasteiger partial charge is 0.252 e. The first kappa shape index (κ1) is 16.0. The Morgan fingerprint density at radius 1 is 1.30 bits per heavy atom. The Morgan fingerprint density at radius 2 is 1.80 bits per heavy atom. The van der Waals surface area contributed by atoms with E-state index in [0.29, 0.717) is 0 Å². The van der Waals surface area contributed by atoms with Crippen LogP contribution in [-0.2, 0) is 9.84 Å². The molecule has 1 rings (SSSR count). The molecule has 0 saturated heterocycles. The number of amidine groups is 1. The summed E-state index contributed by atoms with van der Waals surface area (Å²) in [5.41, 5.74) is 4.71. The van der Waals surface area contributed by atoms with Crippen molar-refractivity contribution in [3.63, 3.8) is 0 Å². The summed E-state index contributed by atoms with van der Waals surface area (Å²) in [6.07, 6.45) is 1.09. The number of sulfone groups is 1. The van der Waals surface area contributed by atoms with Crippen molar-refractivity contribution in [1.82, 2.24) is 5.32 Å². The molecule has 1 aromatic carbocycles. The van der Waals surface area contributed by atoms with Gasteiger partial charge in [-0.2, -0.15) is 0 Å². The van der Waals surface area contributed by atoms with E-state index in [1.54, 1.807) is 13.8 Å². The second-order valence-electron chi connectivity index (χ2n) is 4.86. The van der Waals surface area contributed by atoms with Crippen molar-refractivity contribution < 1.29 is 18.4 Å². The maximum atomic E-state index is 12.0. The van der Waals surface area contributed by atoms with E-state index < -0.39 is 21.3 Å². The third-order valence-corrected chi connectivity index (χ3v) is 3.85. The Bertz CT molecular complexity index is 633. The molecule has 0 aliphatic rings. The van der Waals surface area contributed by atoms with Crippen LogP contribution in [0.15, 0.2) is 34.3 Å². The van der Waals surface area contributed by atoms with Crippen LogP contribution in [0.5, 0.6) is 0 Å². The van der Waals surface area contributed by atoms with Gasteiger partial charge >= 0.3 is 0 Å². The number of amides is 1. The number of nitrogens with zero attached hydrogens (tertiary/aromatic N) is 1. The molecule has 0 atom stereocenters. The van der Waals surface area contributed by atoms with E-state index in [1.165, 1.54) is 24.3 Å². The summed E-state index contributed by atoms with van der Waals surface area (Å²) in [4.78, 5) is 12.1. The second kappa shape index (κ2) is 5.49. The quantitative estimate of drug-likeness (QED) is 0.320. The first-order valence-electron chi connectivity index (χ1n) is 5.68. The van der Waals surface area contributed by atoms with Gasteiger partial charge in [-0.3, -0.25) is 4.79 Å². The van der Waals surface area contributed by atoms with Gasteiger partial charge in [0.2, 0.25) is 0 Å². The van der Waals surface area contributed by atoms with Crippen LogP contribution in [0.25, 0.3) is 0 Å². The number of nitrogens with two attached hydrogens (primary N) is 1. The van der Waals surface area contributed by atoms with E-state index in [2.05, 4.69) is 10.5 Å². The number of rotatable bonds is 4. The van der Waals surface area contributed by atoms with E-state index in [-0.39, 0.29) is 16.3 Å². The number of nitrogens with one attached hydrogen (secondary N) is 1. The highest BCUT2D eigenvalue weighted by atomic mass is 32.2. The topological polar surface area (TPSA) is 122 Å². The van der Waals surface area contributed by atoms with Crippen LogP contribution in [0.3, 0.4) is 0 Å². The number of benzene rings is 1. The standard InChI is InChI=1S/C12H17N3O4S/c1-12(2,11(13)15-17)14-10(16)8-4-6-9(7-5-8)20(3,18)19/h4-7,17H,1-3H3,(H2,13,15)(H,14,16). The molecule has 0 spiro atoms. The maximum absolute atomic E-state index is 12.0. The largest absolute Gasteiger partial charge is 0.409 e. The highest BCUT2D eigenvalue weighted by Crippen LogP contribution is 2.11. The lowest BCUT2D eigenvalue weighted by Crippen LogP contribution is -2.53.